The van der Waals surface area contributed by atoms with Crippen LogP contribution in [0.5, 0.6) is 0 Å². The largest absolute Gasteiger partial charge is 0.264 e. The first-order valence-corrected chi connectivity index (χ1v) is 5.34. The minimum atomic E-state index is 0.338. The molecular weight excluding hydrogens is 231 g/mol. The van der Waals surface area contributed by atoms with E-state index in [2.05, 4.69) is 9.97 Å². The van der Waals surface area contributed by atoms with E-state index in [1.807, 2.05) is 18.2 Å². The van der Waals surface area contributed by atoms with Gasteiger partial charge in [0.15, 0.2) is 0 Å². The van der Waals surface area contributed by atoms with E-state index < -0.39 is 0 Å². The molecule has 2 nitrogen and oxygen atoms in total. The third-order valence-electron chi connectivity index (χ3n) is 2.04. The summed E-state index contributed by atoms with van der Waals surface area (Å²) in [5, 5.41) is 0.457. The van der Waals surface area contributed by atoms with E-state index in [0.717, 1.165) is 16.8 Å². The number of alkyl halides is 1. The van der Waals surface area contributed by atoms with Crippen molar-refractivity contribution in [2.24, 2.45) is 0 Å². The normalized spacial score (nSPS) is 10.3. The van der Waals surface area contributed by atoms with Gasteiger partial charge in [0.05, 0.1) is 11.6 Å². The standard InChI is InChI=1S/C11H8Cl2N2/c12-6-10-9(3-4-11(13)15-10)8-2-1-5-14-7-8/h1-5,7H,6H2. The van der Waals surface area contributed by atoms with Gasteiger partial charge in [-0.1, -0.05) is 17.7 Å². The molecular formula is C11H8Cl2N2. The fourth-order valence-corrected chi connectivity index (χ4v) is 1.73. The SMILES string of the molecule is ClCc1nc(Cl)ccc1-c1cccnc1. The van der Waals surface area contributed by atoms with Crippen LogP contribution in [0.15, 0.2) is 36.7 Å². The lowest BCUT2D eigenvalue weighted by Gasteiger charge is -2.05. The zero-order valence-corrected chi connectivity index (χ0v) is 9.33. The van der Waals surface area contributed by atoms with Crippen LogP contribution in [0.4, 0.5) is 0 Å². The van der Waals surface area contributed by atoms with E-state index in [1.54, 1.807) is 18.5 Å². The summed E-state index contributed by atoms with van der Waals surface area (Å²) in [6.45, 7) is 0. The molecule has 0 aliphatic heterocycles. The van der Waals surface area contributed by atoms with Crippen LogP contribution < -0.4 is 0 Å². The highest BCUT2D eigenvalue weighted by molar-refractivity contribution is 6.29. The number of rotatable bonds is 2. The van der Waals surface area contributed by atoms with Gasteiger partial charge in [-0.3, -0.25) is 4.98 Å². The number of hydrogen-bond acceptors (Lipinski definition) is 2. The van der Waals surface area contributed by atoms with Crippen molar-refractivity contribution in [3.8, 4) is 11.1 Å². The Morgan fingerprint density at radius 2 is 2.07 bits per heavy atom. The van der Waals surface area contributed by atoms with Crippen LogP contribution in [0.25, 0.3) is 11.1 Å². The minimum Gasteiger partial charge on any atom is -0.264 e. The first kappa shape index (κ1) is 10.4. The highest BCUT2D eigenvalue weighted by Crippen LogP contribution is 2.24. The van der Waals surface area contributed by atoms with Gasteiger partial charge >= 0.3 is 0 Å². The van der Waals surface area contributed by atoms with Crippen LogP contribution in [0.1, 0.15) is 5.69 Å². The number of hydrogen-bond donors (Lipinski definition) is 0. The number of pyridine rings is 2. The van der Waals surface area contributed by atoms with Crippen molar-refractivity contribution < 1.29 is 0 Å². The lowest BCUT2D eigenvalue weighted by molar-refractivity contribution is 1.17. The van der Waals surface area contributed by atoms with Crippen LogP contribution in [0, 0.1) is 0 Å². The van der Waals surface area contributed by atoms with Crippen LogP contribution in [0.3, 0.4) is 0 Å². The fourth-order valence-electron chi connectivity index (χ4n) is 1.36. The molecule has 0 unspecified atom stereocenters. The fraction of sp³-hybridized carbons (Fsp3) is 0.0909. The Hall–Kier alpha value is -1.12. The smallest absolute Gasteiger partial charge is 0.129 e. The van der Waals surface area contributed by atoms with Gasteiger partial charge in [-0.05, 0) is 18.2 Å². The van der Waals surface area contributed by atoms with Crippen LogP contribution >= 0.6 is 23.2 Å². The topological polar surface area (TPSA) is 25.8 Å². The van der Waals surface area contributed by atoms with Crippen molar-refractivity contribution in [1.82, 2.24) is 9.97 Å². The molecule has 0 radical (unpaired) electrons. The van der Waals surface area contributed by atoms with Gasteiger partial charge in [-0.15, -0.1) is 11.6 Å². The maximum atomic E-state index is 5.81. The van der Waals surface area contributed by atoms with Gasteiger partial charge in [-0.2, -0.15) is 0 Å². The summed E-state index contributed by atoms with van der Waals surface area (Å²) in [6.07, 6.45) is 3.51. The predicted octanol–water partition coefficient (Wildman–Crippen LogP) is 3.54. The van der Waals surface area contributed by atoms with Crippen molar-refractivity contribution in [2.45, 2.75) is 5.88 Å². The summed E-state index contributed by atoms with van der Waals surface area (Å²) < 4.78 is 0. The van der Waals surface area contributed by atoms with E-state index in [0.29, 0.717) is 11.0 Å². The quantitative estimate of drug-likeness (QED) is 0.591. The maximum Gasteiger partial charge on any atom is 0.129 e. The first-order chi connectivity index (χ1) is 7.31. The molecule has 0 saturated carbocycles. The van der Waals surface area contributed by atoms with E-state index in [1.165, 1.54) is 0 Å². The molecule has 0 fully saturated rings. The Kier molecular flexibility index (Phi) is 3.19. The zero-order valence-electron chi connectivity index (χ0n) is 7.82. The molecule has 2 heterocycles. The lowest BCUT2D eigenvalue weighted by Crippen LogP contribution is -1.91. The monoisotopic (exact) mass is 238 g/mol. The number of halogens is 2. The Balaban J connectivity index is 2.53. The molecule has 2 aromatic heterocycles. The van der Waals surface area contributed by atoms with Gasteiger partial charge in [0, 0.05) is 23.5 Å². The molecule has 0 aliphatic rings. The van der Waals surface area contributed by atoms with E-state index in [-0.39, 0.29) is 0 Å². The van der Waals surface area contributed by atoms with Crippen molar-refractivity contribution >= 4 is 23.2 Å². The number of aromatic nitrogens is 2. The molecule has 0 N–H and O–H groups in total. The van der Waals surface area contributed by atoms with Crippen molar-refractivity contribution in [3.63, 3.8) is 0 Å². The predicted molar refractivity (Wildman–Crippen MR) is 62.0 cm³/mol. The summed E-state index contributed by atoms with van der Waals surface area (Å²) >= 11 is 11.6. The lowest BCUT2D eigenvalue weighted by atomic mass is 10.1. The molecule has 0 saturated heterocycles. The minimum absolute atomic E-state index is 0.338. The molecule has 0 amide bonds. The highest BCUT2D eigenvalue weighted by atomic mass is 35.5. The van der Waals surface area contributed by atoms with E-state index >= 15 is 0 Å². The average Bonchev–Trinajstić information content (AvgIpc) is 2.30. The van der Waals surface area contributed by atoms with Gasteiger partial charge in [-0.25, -0.2) is 4.98 Å². The van der Waals surface area contributed by atoms with Gasteiger partial charge in [0.25, 0.3) is 0 Å². The van der Waals surface area contributed by atoms with Gasteiger partial charge < -0.3 is 0 Å². The molecule has 2 rings (SSSR count). The van der Waals surface area contributed by atoms with Crippen LogP contribution in [0.2, 0.25) is 5.15 Å². The molecule has 2 aromatic rings. The second kappa shape index (κ2) is 4.60. The molecule has 0 aromatic carbocycles. The average molecular weight is 239 g/mol. The van der Waals surface area contributed by atoms with Gasteiger partial charge in [0.1, 0.15) is 5.15 Å². The molecule has 0 atom stereocenters. The van der Waals surface area contributed by atoms with Crippen molar-refractivity contribution in [3.05, 3.63) is 47.5 Å². The second-order valence-electron chi connectivity index (χ2n) is 3.00. The van der Waals surface area contributed by atoms with Crippen molar-refractivity contribution in [1.29, 1.82) is 0 Å². The molecule has 76 valence electrons. The Labute approximate surface area is 97.9 Å². The Morgan fingerprint density at radius 1 is 1.20 bits per heavy atom. The summed E-state index contributed by atoms with van der Waals surface area (Å²) in [5.41, 5.74) is 2.75. The van der Waals surface area contributed by atoms with Crippen molar-refractivity contribution in [2.75, 3.05) is 0 Å². The Morgan fingerprint density at radius 3 is 2.73 bits per heavy atom. The van der Waals surface area contributed by atoms with Crippen LogP contribution in [-0.4, -0.2) is 9.97 Å². The van der Waals surface area contributed by atoms with Crippen LogP contribution in [-0.2, 0) is 5.88 Å². The zero-order chi connectivity index (χ0) is 10.7. The molecule has 0 bridgehead atoms. The Bertz CT molecular complexity index is 457. The molecule has 15 heavy (non-hydrogen) atoms. The van der Waals surface area contributed by atoms with E-state index in [4.69, 9.17) is 23.2 Å². The molecule has 0 aliphatic carbocycles. The third kappa shape index (κ3) is 2.28. The number of nitrogens with zero attached hydrogens (tertiary/aromatic N) is 2. The highest BCUT2D eigenvalue weighted by Gasteiger charge is 2.06. The molecule has 4 heteroatoms. The first-order valence-electron chi connectivity index (χ1n) is 4.43. The maximum absolute atomic E-state index is 5.81. The summed E-state index contributed by atoms with van der Waals surface area (Å²) in [5.74, 6) is 0.338. The third-order valence-corrected chi connectivity index (χ3v) is 2.50. The van der Waals surface area contributed by atoms with Gasteiger partial charge in [0.2, 0.25) is 0 Å². The van der Waals surface area contributed by atoms with E-state index in [9.17, 15) is 0 Å². The second-order valence-corrected chi connectivity index (χ2v) is 3.66. The summed E-state index contributed by atoms with van der Waals surface area (Å²) in [7, 11) is 0. The summed E-state index contributed by atoms with van der Waals surface area (Å²) in [4.78, 5) is 8.23. The summed E-state index contributed by atoms with van der Waals surface area (Å²) in [6, 6.07) is 7.50. The molecule has 0 spiro atoms.